The SMILES string of the molecule is Cc1cc(Nc2ncnc(N)c2Cl)c(=O)n2c1C(=O)NC21CCN(CC#N)CC1. The molecule has 2 aromatic heterocycles. The van der Waals surface area contributed by atoms with Crippen LogP contribution in [0.2, 0.25) is 5.02 Å². The van der Waals surface area contributed by atoms with E-state index < -0.39 is 5.66 Å². The lowest BCUT2D eigenvalue weighted by atomic mass is 9.96. The van der Waals surface area contributed by atoms with Gasteiger partial charge in [0.2, 0.25) is 0 Å². The Morgan fingerprint density at radius 1 is 1.38 bits per heavy atom. The second-order valence-corrected chi connectivity index (χ2v) is 7.57. The first-order valence-electron chi connectivity index (χ1n) is 9.08. The Kier molecular flexibility index (Phi) is 4.64. The molecule has 0 unspecified atom stereocenters. The summed E-state index contributed by atoms with van der Waals surface area (Å²) in [5.74, 6) is 0.0379. The van der Waals surface area contributed by atoms with Crippen LogP contribution in [0.3, 0.4) is 0 Å². The molecular formula is C18H19ClN8O2. The van der Waals surface area contributed by atoms with Crippen LogP contribution in [0.25, 0.3) is 0 Å². The highest BCUT2D eigenvalue weighted by atomic mass is 35.5. The average molecular weight is 415 g/mol. The van der Waals surface area contributed by atoms with Crippen molar-refractivity contribution in [1.29, 1.82) is 5.26 Å². The van der Waals surface area contributed by atoms with Gasteiger partial charge in [-0.2, -0.15) is 5.26 Å². The van der Waals surface area contributed by atoms with Gasteiger partial charge in [-0.15, -0.1) is 0 Å². The van der Waals surface area contributed by atoms with E-state index in [4.69, 9.17) is 22.6 Å². The Morgan fingerprint density at radius 2 is 2.10 bits per heavy atom. The summed E-state index contributed by atoms with van der Waals surface area (Å²) >= 11 is 6.14. The van der Waals surface area contributed by atoms with E-state index in [9.17, 15) is 9.59 Å². The third-order valence-corrected chi connectivity index (χ3v) is 5.80. The highest BCUT2D eigenvalue weighted by molar-refractivity contribution is 6.35. The minimum Gasteiger partial charge on any atom is -0.382 e. The molecule has 0 bridgehead atoms. The van der Waals surface area contributed by atoms with E-state index >= 15 is 0 Å². The summed E-state index contributed by atoms with van der Waals surface area (Å²) in [4.78, 5) is 35.9. The van der Waals surface area contributed by atoms with Gasteiger partial charge in [0.25, 0.3) is 11.5 Å². The topological polar surface area (TPSA) is 142 Å². The smallest absolute Gasteiger partial charge is 0.276 e. The molecule has 0 atom stereocenters. The number of pyridine rings is 1. The first-order valence-corrected chi connectivity index (χ1v) is 9.46. The molecule has 29 heavy (non-hydrogen) atoms. The van der Waals surface area contributed by atoms with Crippen molar-refractivity contribution in [1.82, 2.24) is 24.8 Å². The molecule has 1 saturated heterocycles. The molecular weight excluding hydrogens is 396 g/mol. The zero-order valence-electron chi connectivity index (χ0n) is 15.7. The minimum absolute atomic E-state index is 0.0975. The summed E-state index contributed by atoms with van der Waals surface area (Å²) in [6.07, 6.45) is 2.30. The molecule has 4 N–H and O–H groups in total. The molecule has 4 rings (SSSR count). The number of hydrogen-bond acceptors (Lipinski definition) is 8. The second-order valence-electron chi connectivity index (χ2n) is 7.20. The van der Waals surface area contributed by atoms with Crippen LogP contribution in [0.4, 0.5) is 17.3 Å². The first kappa shape index (κ1) is 19.2. The summed E-state index contributed by atoms with van der Waals surface area (Å²) < 4.78 is 1.54. The number of amides is 1. The highest BCUT2D eigenvalue weighted by Gasteiger charge is 2.46. The molecule has 0 aliphatic carbocycles. The third kappa shape index (κ3) is 3.08. The second kappa shape index (κ2) is 7.02. The Hall–Kier alpha value is -3.16. The third-order valence-electron chi connectivity index (χ3n) is 5.43. The van der Waals surface area contributed by atoms with Crippen LogP contribution in [0.1, 0.15) is 28.9 Å². The van der Waals surface area contributed by atoms with Crippen molar-refractivity contribution >= 4 is 34.8 Å². The molecule has 0 radical (unpaired) electrons. The number of halogens is 1. The molecule has 4 heterocycles. The monoisotopic (exact) mass is 414 g/mol. The van der Waals surface area contributed by atoms with Crippen LogP contribution in [0.5, 0.6) is 0 Å². The van der Waals surface area contributed by atoms with Gasteiger partial charge in [0.1, 0.15) is 34.2 Å². The molecule has 11 heteroatoms. The van der Waals surface area contributed by atoms with Crippen LogP contribution in [0, 0.1) is 18.3 Å². The van der Waals surface area contributed by atoms with Crippen LogP contribution in [-0.2, 0) is 5.66 Å². The van der Waals surface area contributed by atoms with Gasteiger partial charge >= 0.3 is 0 Å². The quantitative estimate of drug-likeness (QED) is 0.630. The van der Waals surface area contributed by atoms with Crippen molar-refractivity contribution in [3.8, 4) is 6.07 Å². The number of fused-ring (bicyclic) bond motifs is 2. The maximum Gasteiger partial charge on any atom is 0.276 e. The molecule has 0 saturated carbocycles. The molecule has 2 aliphatic heterocycles. The zero-order chi connectivity index (χ0) is 20.8. The Balaban J connectivity index is 1.77. The number of carbonyl (C=O) groups is 1. The number of aryl methyl sites for hydroxylation is 1. The van der Waals surface area contributed by atoms with E-state index in [1.807, 2.05) is 4.90 Å². The summed E-state index contributed by atoms with van der Waals surface area (Å²) in [6.45, 7) is 3.30. The lowest BCUT2D eigenvalue weighted by molar-refractivity contribution is 0.0777. The largest absolute Gasteiger partial charge is 0.382 e. The van der Waals surface area contributed by atoms with E-state index in [1.54, 1.807) is 13.0 Å². The Labute approximate surface area is 171 Å². The van der Waals surface area contributed by atoms with Crippen LogP contribution < -0.4 is 21.9 Å². The standard InChI is InChI=1S/C18H19ClN8O2/c1-10-8-11(24-15-12(19)14(21)22-9-23-15)17(29)27-13(10)16(28)25-18(27)2-5-26(6-3-18)7-4-20/h8-9H,2-3,5-7H2,1H3,(H,25,28)(H3,21,22,23,24). The van der Waals surface area contributed by atoms with Crippen LogP contribution in [0.15, 0.2) is 17.2 Å². The van der Waals surface area contributed by atoms with Crippen LogP contribution >= 0.6 is 11.6 Å². The Morgan fingerprint density at radius 3 is 2.79 bits per heavy atom. The first-order chi connectivity index (χ1) is 13.9. The number of carbonyl (C=O) groups excluding carboxylic acids is 1. The maximum atomic E-state index is 13.4. The number of rotatable bonds is 3. The molecule has 2 aliphatic rings. The van der Waals surface area contributed by atoms with E-state index in [1.165, 1.54) is 10.9 Å². The van der Waals surface area contributed by atoms with Crippen molar-refractivity contribution in [3.63, 3.8) is 0 Å². The number of nitrogens with one attached hydrogen (secondary N) is 2. The van der Waals surface area contributed by atoms with E-state index in [2.05, 4.69) is 26.7 Å². The van der Waals surface area contributed by atoms with Gasteiger partial charge in [-0.05, 0) is 18.6 Å². The molecule has 150 valence electrons. The Bertz CT molecular complexity index is 1100. The van der Waals surface area contributed by atoms with Gasteiger partial charge in [-0.1, -0.05) is 11.6 Å². The highest BCUT2D eigenvalue weighted by Crippen LogP contribution is 2.34. The van der Waals surface area contributed by atoms with Gasteiger partial charge in [-0.25, -0.2) is 9.97 Å². The number of hydrogen-bond donors (Lipinski definition) is 3. The molecule has 0 aromatic carbocycles. The number of nitrogens with zero attached hydrogens (tertiary/aromatic N) is 5. The van der Waals surface area contributed by atoms with Crippen molar-refractivity contribution in [2.24, 2.45) is 0 Å². The van der Waals surface area contributed by atoms with Crippen molar-refractivity contribution in [3.05, 3.63) is 39.0 Å². The van der Waals surface area contributed by atoms with Gasteiger partial charge in [0, 0.05) is 25.9 Å². The van der Waals surface area contributed by atoms with Crippen molar-refractivity contribution < 1.29 is 4.79 Å². The number of likely N-dealkylation sites (tertiary alicyclic amines) is 1. The fraction of sp³-hybridized carbons (Fsp3) is 0.389. The van der Waals surface area contributed by atoms with Gasteiger partial charge in [-0.3, -0.25) is 19.1 Å². The summed E-state index contributed by atoms with van der Waals surface area (Å²) in [5.41, 5.74) is 5.78. The van der Waals surface area contributed by atoms with Gasteiger partial charge < -0.3 is 16.4 Å². The summed E-state index contributed by atoms with van der Waals surface area (Å²) in [5, 5.41) is 15.0. The van der Waals surface area contributed by atoms with E-state index in [-0.39, 0.29) is 33.8 Å². The molecule has 2 aromatic rings. The summed E-state index contributed by atoms with van der Waals surface area (Å²) in [7, 11) is 0. The van der Waals surface area contributed by atoms with E-state index in [0.717, 1.165) is 0 Å². The molecule has 10 nitrogen and oxygen atoms in total. The zero-order valence-corrected chi connectivity index (χ0v) is 16.5. The molecule has 1 spiro atoms. The van der Waals surface area contributed by atoms with Crippen molar-refractivity contribution in [2.45, 2.75) is 25.4 Å². The number of piperidine rings is 1. The molecule has 1 amide bonds. The lowest BCUT2D eigenvalue weighted by Gasteiger charge is -2.39. The average Bonchev–Trinajstić information content (AvgIpc) is 2.98. The lowest BCUT2D eigenvalue weighted by Crippen LogP contribution is -2.54. The number of nitrogen functional groups attached to an aromatic ring is 1. The predicted octanol–water partition coefficient (Wildman–Crippen LogP) is 0.941. The van der Waals surface area contributed by atoms with Gasteiger partial charge in [0.15, 0.2) is 5.82 Å². The number of anilines is 3. The minimum atomic E-state index is -0.813. The van der Waals surface area contributed by atoms with E-state index in [0.29, 0.717) is 43.7 Å². The summed E-state index contributed by atoms with van der Waals surface area (Å²) in [6, 6.07) is 3.74. The predicted molar refractivity (Wildman–Crippen MR) is 107 cm³/mol. The maximum absolute atomic E-state index is 13.4. The van der Waals surface area contributed by atoms with Crippen LogP contribution in [-0.4, -0.2) is 45.0 Å². The fourth-order valence-corrected chi connectivity index (χ4v) is 4.12. The van der Waals surface area contributed by atoms with Gasteiger partial charge in [0.05, 0.1) is 12.6 Å². The number of aromatic nitrogens is 3. The van der Waals surface area contributed by atoms with Crippen molar-refractivity contribution in [2.75, 3.05) is 30.7 Å². The number of nitriles is 1. The fourth-order valence-electron chi connectivity index (χ4n) is 3.98. The molecule has 1 fully saturated rings. The number of nitrogens with two attached hydrogens (primary N) is 1. The normalized spacial score (nSPS) is 17.6.